The first-order chi connectivity index (χ1) is 15.2. The molecular weight excluding hydrogens is 449 g/mol. The second-order valence-corrected chi connectivity index (χ2v) is 10.1. The summed E-state index contributed by atoms with van der Waals surface area (Å²) in [5, 5.41) is 3.08. The standard InChI is InChI=1S/C23H20FN3O3S2/c1-14-3-9-19(10-4-14)32(29,30)27-23-26-22-15(2)11-18(13-20(22)31-23)25-21(28)12-16-5-7-17(24)8-6-16/h3-11,13H,12H2,1-2H3,(H,25,28)(H,26,27). The molecule has 0 bridgehead atoms. The van der Waals surface area contributed by atoms with Crippen molar-refractivity contribution in [1.29, 1.82) is 0 Å². The van der Waals surface area contributed by atoms with Crippen LogP contribution in [-0.2, 0) is 21.2 Å². The molecule has 0 aliphatic rings. The summed E-state index contributed by atoms with van der Waals surface area (Å²) in [6.45, 7) is 3.73. The zero-order valence-electron chi connectivity index (χ0n) is 17.3. The molecule has 1 amide bonds. The Kier molecular flexibility index (Phi) is 5.94. The number of benzene rings is 3. The maximum atomic E-state index is 13.0. The van der Waals surface area contributed by atoms with Gasteiger partial charge in [0.25, 0.3) is 10.0 Å². The van der Waals surface area contributed by atoms with Crippen molar-refractivity contribution in [3.63, 3.8) is 0 Å². The number of sulfonamides is 1. The second kappa shape index (κ2) is 8.68. The number of hydrogen-bond donors (Lipinski definition) is 2. The zero-order valence-corrected chi connectivity index (χ0v) is 19.0. The lowest BCUT2D eigenvalue weighted by molar-refractivity contribution is -0.115. The van der Waals surface area contributed by atoms with Crippen molar-refractivity contribution in [2.45, 2.75) is 25.2 Å². The number of amides is 1. The zero-order chi connectivity index (χ0) is 22.9. The second-order valence-electron chi connectivity index (χ2n) is 7.43. The molecular formula is C23H20FN3O3S2. The Morgan fingerprint density at radius 1 is 1.03 bits per heavy atom. The van der Waals surface area contributed by atoms with E-state index in [-0.39, 0.29) is 28.2 Å². The normalized spacial score (nSPS) is 11.5. The van der Waals surface area contributed by atoms with Gasteiger partial charge in [-0.05, 0) is 61.4 Å². The first kappa shape index (κ1) is 21.9. The molecule has 2 N–H and O–H groups in total. The molecule has 32 heavy (non-hydrogen) atoms. The number of nitrogens with zero attached hydrogens (tertiary/aromatic N) is 1. The molecule has 1 heterocycles. The van der Waals surface area contributed by atoms with Gasteiger partial charge in [0, 0.05) is 5.69 Å². The van der Waals surface area contributed by atoms with Gasteiger partial charge < -0.3 is 5.32 Å². The average Bonchev–Trinajstić information content (AvgIpc) is 3.12. The number of hydrogen-bond acceptors (Lipinski definition) is 5. The minimum atomic E-state index is -3.76. The Hall–Kier alpha value is -3.30. The van der Waals surface area contributed by atoms with Crippen LogP contribution >= 0.6 is 11.3 Å². The van der Waals surface area contributed by atoms with Gasteiger partial charge in [0.15, 0.2) is 5.13 Å². The van der Waals surface area contributed by atoms with Gasteiger partial charge in [-0.1, -0.05) is 41.2 Å². The number of anilines is 2. The molecule has 4 rings (SSSR count). The van der Waals surface area contributed by atoms with E-state index in [4.69, 9.17) is 0 Å². The number of fused-ring (bicyclic) bond motifs is 1. The summed E-state index contributed by atoms with van der Waals surface area (Å²) in [4.78, 5) is 17.0. The van der Waals surface area contributed by atoms with Crippen LogP contribution in [0.2, 0.25) is 0 Å². The first-order valence-electron chi connectivity index (χ1n) is 9.74. The predicted molar refractivity (Wildman–Crippen MR) is 125 cm³/mol. The number of thiazole rings is 1. The summed E-state index contributed by atoms with van der Waals surface area (Å²) in [5.41, 5.74) is 3.71. The van der Waals surface area contributed by atoms with Gasteiger partial charge in [-0.3, -0.25) is 9.52 Å². The van der Waals surface area contributed by atoms with Crippen LogP contribution in [0.25, 0.3) is 10.2 Å². The maximum absolute atomic E-state index is 13.0. The molecule has 164 valence electrons. The van der Waals surface area contributed by atoms with Gasteiger partial charge in [0.2, 0.25) is 5.91 Å². The van der Waals surface area contributed by atoms with Gasteiger partial charge in [-0.15, -0.1) is 0 Å². The van der Waals surface area contributed by atoms with Crippen molar-refractivity contribution in [2.75, 3.05) is 10.0 Å². The highest BCUT2D eigenvalue weighted by Gasteiger charge is 2.17. The van der Waals surface area contributed by atoms with Crippen molar-refractivity contribution < 1.29 is 17.6 Å². The summed E-state index contributed by atoms with van der Waals surface area (Å²) in [6.07, 6.45) is 0.113. The molecule has 0 fully saturated rings. The van der Waals surface area contributed by atoms with Crippen LogP contribution in [-0.4, -0.2) is 19.3 Å². The van der Waals surface area contributed by atoms with Crippen molar-refractivity contribution in [3.8, 4) is 0 Å². The van der Waals surface area contributed by atoms with Crippen LogP contribution in [0.1, 0.15) is 16.7 Å². The third-order valence-corrected chi connectivity index (χ3v) is 7.20. The van der Waals surface area contributed by atoms with E-state index in [9.17, 15) is 17.6 Å². The number of nitrogens with one attached hydrogen (secondary N) is 2. The van der Waals surface area contributed by atoms with Crippen LogP contribution in [0.3, 0.4) is 0 Å². The van der Waals surface area contributed by atoms with E-state index < -0.39 is 10.0 Å². The van der Waals surface area contributed by atoms with Gasteiger partial charge in [0.05, 0.1) is 21.5 Å². The first-order valence-corrected chi connectivity index (χ1v) is 12.0. The molecule has 0 unspecified atom stereocenters. The number of halogens is 1. The van der Waals surface area contributed by atoms with Crippen molar-refractivity contribution in [1.82, 2.24) is 4.98 Å². The van der Waals surface area contributed by atoms with Crippen LogP contribution in [0, 0.1) is 19.7 Å². The van der Waals surface area contributed by atoms with Crippen molar-refractivity contribution >= 4 is 48.3 Å². The third kappa shape index (κ3) is 4.95. The minimum Gasteiger partial charge on any atom is -0.326 e. The Balaban J connectivity index is 1.53. The lowest BCUT2D eigenvalue weighted by Crippen LogP contribution is -2.14. The molecule has 0 spiro atoms. The van der Waals surface area contributed by atoms with Crippen molar-refractivity contribution in [3.05, 3.63) is 83.2 Å². The average molecular weight is 470 g/mol. The van der Waals surface area contributed by atoms with E-state index in [1.165, 1.54) is 23.5 Å². The molecule has 0 saturated heterocycles. The molecule has 3 aromatic carbocycles. The molecule has 6 nitrogen and oxygen atoms in total. The van der Waals surface area contributed by atoms with Crippen molar-refractivity contribution in [2.24, 2.45) is 0 Å². The highest BCUT2D eigenvalue weighted by atomic mass is 32.2. The smallest absolute Gasteiger partial charge is 0.263 e. The highest BCUT2D eigenvalue weighted by Crippen LogP contribution is 2.32. The van der Waals surface area contributed by atoms with E-state index in [1.807, 2.05) is 13.8 Å². The number of carbonyl (C=O) groups excluding carboxylic acids is 1. The molecule has 0 radical (unpaired) electrons. The van der Waals surface area contributed by atoms with E-state index in [2.05, 4.69) is 15.0 Å². The number of carbonyl (C=O) groups is 1. The lowest BCUT2D eigenvalue weighted by atomic mass is 10.1. The molecule has 9 heteroatoms. The lowest BCUT2D eigenvalue weighted by Gasteiger charge is -2.07. The minimum absolute atomic E-state index is 0.113. The molecule has 0 atom stereocenters. The Morgan fingerprint density at radius 2 is 1.72 bits per heavy atom. The third-order valence-electron chi connectivity index (χ3n) is 4.80. The fraction of sp³-hybridized carbons (Fsp3) is 0.130. The molecule has 0 aliphatic heterocycles. The Bertz CT molecular complexity index is 1400. The van der Waals surface area contributed by atoms with Gasteiger partial charge in [-0.2, -0.15) is 0 Å². The van der Waals surface area contributed by atoms with Crippen LogP contribution in [0.15, 0.2) is 65.6 Å². The van der Waals surface area contributed by atoms with Crippen LogP contribution < -0.4 is 10.0 Å². The van der Waals surface area contributed by atoms with E-state index in [1.54, 1.807) is 48.5 Å². The van der Waals surface area contributed by atoms with Gasteiger partial charge in [0.1, 0.15) is 5.82 Å². The molecule has 4 aromatic rings. The summed E-state index contributed by atoms with van der Waals surface area (Å²) < 4.78 is 41.6. The summed E-state index contributed by atoms with van der Waals surface area (Å²) in [6, 6.07) is 15.9. The topological polar surface area (TPSA) is 88.2 Å². The molecule has 0 aliphatic carbocycles. The van der Waals surface area contributed by atoms with Gasteiger partial charge >= 0.3 is 0 Å². The summed E-state index contributed by atoms with van der Waals surface area (Å²) >= 11 is 1.19. The Morgan fingerprint density at radius 3 is 2.41 bits per heavy atom. The van der Waals surface area contributed by atoms with E-state index in [0.29, 0.717) is 16.8 Å². The quantitative estimate of drug-likeness (QED) is 0.414. The predicted octanol–water partition coefficient (Wildman–Crippen LogP) is 5.03. The fourth-order valence-electron chi connectivity index (χ4n) is 3.20. The monoisotopic (exact) mass is 469 g/mol. The number of aryl methyl sites for hydroxylation is 2. The summed E-state index contributed by atoms with van der Waals surface area (Å²) in [5.74, 6) is -0.589. The SMILES string of the molecule is Cc1ccc(S(=O)(=O)Nc2nc3c(C)cc(NC(=O)Cc4ccc(F)cc4)cc3s2)cc1. The number of rotatable bonds is 6. The molecule has 1 aromatic heterocycles. The van der Waals surface area contributed by atoms with E-state index >= 15 is 0 Å². The van der Waals surface area contributed by atoms with Crippen LogP contribution in [0.4, 0.5) is 15.2 Å². The summed E-state index contributed by atoms with van der Waals surface area (Å²) in [7, 11) is -3.76. The molecule has 0 saturated carbocycles. The highest BCUT2D eigenvalue weighted by molar-refractivity contribution is 7.93. The van der Waals surface area contributed by atoms with Crippen LogP contribution in [0.5, 0.6) is 0 Å². The maximum Gasteiger partial charge on any atom is 0.263 e. The van der Waals surface area contributed by atoms with Gasteiger partial charge in [-0.25, -0.2) is 17.8 Å². The fourth-order valence-corrected chi connectivity index (χ4v) is 5.41. The Labute approximate surface area is 189 Å². The largest absolute Gasteiger partial charge is 0.326 e. The van der Waals surface area contributed by atoms with E-state index in [0.717, 1.165) is 15.8 Å². The number of aromatic nitrogens is 1.